The molecule has 0 unspecified atom stereocenters. The van der Waals surface area contributed by atoms with E-state index in [9.17, 15) is 9.59 Å². The third kappa shape index (κ3) is 7.35. The Hall–Kier alpha value is -3.38. The summed E-state index contributed by atoms with van der Waals surface area (Å²) in [4.78, 5) is 40.2. The largest absolute Gasteiger partial charge is 0.415 e. The van der Waals surface area contributed by atoms with E-state index >= 15 is 0 Å². The molecule has 0 saturated carbocycles. The van der Waals surface area contributed by atoms with Gasteiger partial charge in [0.15, 0.2) is 5.75 Å². The first-order valence-electron chi connectivity index (χ1n) is 12.9. The maximum Gasteiger partial charge on any atom is 0.415 e. The van der Waals surface area contributed by atoms with Crippen LogP contribution in [0, 0.1) is 0 Å². The zero-order chi connectivity index (χ0) is 26.2. The Labute approximate surface area is 226 Å². The van der Waals surface area contributed by atoms with Crippen LogP contribution in [0.5, 0.6) is 5.75 Å². The minimum atomic E-state index is -0.389. The molecule has 2 aliphatic heterocycles. The average Bonchev–Trinajstić information content (AvgIpc) is 3.48. The number of aromatic nitrogens is 2. The third-order valence-corrected chi connectivity index (χ3v) is 7.50. The number of rotatable bonds is 8. The number of morpholine rings is 1. The van der Waals surface area contributed by atoms with Crippen LogP contribution >= 0.6 is 11.3 Å². The first kappa shape index (κ1) is 26.2. The monoisotopic (exact) mass is 536 g/mol. The first-order valence-corrected chi connectivity index (χ1v) is 13.7. The van der Waals surface area contributed by atoms with Crippen LogP contribution < -0.4 is 10.1 Å². The summed E-state index contributed by atoms with van der Waals surface area (Å²) >= 11 is 1.67. The van der Waals surface area contributed by atoms with Crippen LogP contribution in [-0.4, -0.2) is 95.7 Å². The quantitative estimate of drug-likeness (QED) is 0.469. The Bertz CT molecular complexity index is 1180. The number of nitrogens with one attached hydrogen (secondary N) is 1. The lowest BCUT2D eigenvalue weighted by molar-refractivity contribution is 0.0342. The Kier molecular flexibility index (Phi) is 8.92. The van der Waals surface area contributed by atoms with Gasteiger partial charge in [0.05, 0.1) is 24.4 Å². The van der Waals surface area contributed by atoms with Crippen LogP contribution in [0.2, 0.25) is 0 Å². The van der Waals surface area contributed by atoms with Crippen molar-refractivity contribution in [1.29, 1.82) is 0 Å². The number of hydrogen-bond donors (Lipinski definition) is 1. The van der Waals surface area contributed by atoms with Crippen molar-refractivity contribution < 1.29 is 19.1 Å². The zero-order valence-electron chi connectivity index (χ0n) is 21.3. The molecule has 0 aliphatic carbocycles. The van der Waals surface area contributed by atoms with Gasteiger partial charge in [-0.2, -0.15) is 0 Å². The molecule has 2 amide bonds. The highest BCUT2D eigenvalue weighted by Gasteiger charge is 2.23. The van der Waals surface area contributed by atoms with Gasteiger partial charge in [0.25, 0.3) is 5.91 Å². The number of thiazole rings is 1. The Morgan fingerprint density at radius 3 is 2.42 bits per heavy atom. The number of benzene rings is 1. The summed E-state index contributed by atoms with van der Waals surface area (Å²) in [5.74, 6) is 0.487. The second-order valence-corrected chi connectivity index (χ2v) is 10.3. The van der Waals surface area contributed by atoms with E-state index in [4.69, 9.17) is 9.47 Å². The van der Waals surface area contributed by atoms with Gasteiger partial charge in [0, 0.05) is 75.9 Å². The van der Waals surface area contributed by atoms with E-state index in [1.54, 1.807) is 28.4 Å². The minimum Gasteiger partial charge on any atom is -0.409 e. The summed E-state index contributed by atoms with van der Waals surface area (Å²) in [5, 5.41) is 5.92. The van der Waals surface area contributed by atoms with E-state index < -0.39 is 0 Å². The molecule has 5 rings (SSSR count). The van der Waals surface area contributed by atoms with Crippen LogP contribution in [0.1, 0.15) is 20.9 Å². The third-order valence-electron chi connectivity index (χ3n) is 6.66. The Balaban J connectivity index is 1.05. The van der Waals surface area contributed by atoms with E-state index in [0.717, 1.165) is 69.5 Å². The molecule has 2 aromatic heterocycles. The molecule has 0 radical (unpaired) electrons. The van der Waals surface area contributed by atoms with Crippen LogP contribution in [-0.2, 0) is 17.7 Å². The maximum atomic E-state index is 12.6. The molecular weight excluding hydrogens is 504 g/mol. The average molecular weight is 537 g/mol. The highest BCUT2D eigenvalue weighted by molar-refractivity contribution is 7.09. The number of anilines is 1. The van der Waals surface area contributed by atoms with Crippen molar-refractivity contribution in [1.82, 2.24) is 24.7 Å². The summed E-state index contributed by atoms with van der Waals surface area (Å²) in [6.07, 6.45) is 3.82. The molecule has 38 heavy (non-hydrogen) atoms. The fraction of sp³-hybridized carbons (Fsp3) is 0.407. The highest BCUT2D eigenvalue weighted by Crippen LogP contribution is 2.16. The standard InChI is InChI=1S/C27H32N6O4S/c34-26(22-3-1-21(2-4-22)20-32-14-16-36-17-15-32)30-24-6-5-23(19-29-24)37-27(35)33-12-10-31(11-13-33)9-7-25-28-8-18-38-25/h1-6,8,18-19H,7,9-17,20H2,(H,29,30,34). The first-order chi connectivity index (χ1) is 18.6. The Morgan fingerprint density at radius 2 is 1.74 bits per heavy atom. The smallest absolute Gasteiger partial charge is 0.409 e. The predicted molar refractivity (Wildman–Crippen MR) is 145 cm³/mol. The molecule has 3 aromatic rings. The van der Waals surface area contributed by atoms with E-state index in [1.165, 1.54) is 6.20 Å². The molecule has 1 aromatic carbocycles. The molecule has 1 N–H and O–H groups in total. The molecular formula is C27H32N6O4S. The molecule has 2 saturated heterocycles. The SMILES string of the molecule is O=C(Nc1ccc(OC(=O)N2CCN(CCc3nccs3)CC2)cn1)c1ccc(CN2CCOCC2)cc1. The van der Waals surface area contributed by atoms with Crippen molar-refractivity contribution in [3.05, 3.63) is 70.3 Å². The van der Waals surface area contributed by atoms with Crippen LogP contribution in [0.4, 0.5) is 10.6 Å². The van der Waals surface area contributed by atoms with Gasteiger partial charge in [-0.05, 0) is 29.8 Å². The lowest BCUT2D eigenvalue weighted by atomic mass is 10.1. The highest BCUT2D eigenvalue weighted by atomic mass is 32.1. The summed E-state index contributed by atoms with van der Waals surface area (Å²) in [6, 6.07) is 10.8. The molecule has 4 heterocycles. The number of amides is 2. The van der Waals surface area contributed by atoms with Gasteiger partial charge in [-0.15, -0.1) is 11.3 Å². The van der Waals surface area contributed by atoms with E-state index in [0.29, 0.717) is 30.2 Å². The summed E-state index contributed by atoms with van der Waals surface area (Å²) < 4.78 is 10.9. The predicted octanol–water partition coefficient (Wildman–Crippen LogP) is 2.98. The molecule has 11 heteroatoms. The fourth-order valence-electron chi connectivity index (χ4n) is 4.43. The van der Waals surface area contributed by atoms with Crippen LogP contribution in [0.15, 0.2) is 54.2 Å². The lowest BCUT2D eigenvalue weighted by Gasteiger charge is -2.33. The van der Waals surface area contributed by atoms with Crippen molar-refractivity contribution >= 4 is 29.2 Å². The summed E-state index contributed by atoms with van der Waals surface area (Å²) in [5.41, 5.74) is 1.71. The number of ether oxygens (including phenoxy) is 2. The summed E-state index contributed by atoms with van der Waals surface area (Å²) in [6.45, 7) is 7.98. The van der Waals surface area contributed by atoms with Crippen molar-refractivity contribution in [2.24, 2.45) is 0 Å². The van der Waals surface area contributed by atoms with Crippen molar-refractivity contribution in [2.45, 2.75) is 13.0 Å². The molecule has 0 spiro atoms. The lowest BCUT2D eigenvalue weighted by Crippen LogP contribution is -2.49. The number of hydrogen-bond acceptors (Lipinski definition) is 9. The van der Waals surface area contributed by atoms with Crippen molar-refractivity contribution in [3.63, 3.8) is 0 Å². The van der Waals surface area contributed by atoms with Crippen LogP contribution in [0.25, 0.3) is 0 Å². The number of piperazine rings is 1. The molecule has 2 aliphatic rings. The van der Waals surface area contributed by atoms with Crippen molar-refractivity contribution in [2.75, 3.05) is 64.3 Å². The van der Waals surface area contributed by atoms with Gasteiger partial charge < -0.3 is 19.7 Å². The van der Waals surface area contributed by atoms with Crippen molar-refractivity contribution in [3.8, 4) is 5.75 Å². The number of carbonyl (C=O) groups is 2. The normalized spacial score (nSPS) is 16.8. The molecule has 2 fully saturated rings. The topological polar surface area (TPSA) is 100 Å². The van der Waals surface area contributed by atoms with E-state index in [1.807, 2.05) is 35.8 Å². The minimum absolute atomic E-state index is 0.243. The molecule has 0 bridgehead atoms. The molecule has 0 atom stereocenters. The summed E-state index contributed by atoms with van der Waals surface area (Å²) in [7, 11) is 0. The second-order valence-electron chi connectivity index (χ2n) is 9.29. The Morgan fingerprint density at radius 1 is 0.947 bits per heavy atom. The second kappa shape index (κ2) is 12.9. The van der Waals surface area contributed by atoms with Gasteiger partial charge in [0.2, 0.25) is 0 Å². The number of pyridine rings is 1. The number of carbonyl (C=O) groups excluding carboxylic acids is 2. The number of nitrogens with zero attached hydrogens (tertiary/aromatic N) is 5. The van der Waals surface area contributed by atoms with E-state index in [-0.39, 0.29) is 12.0 Å². The van der Waals surface area contributed by atoms with Crippen LogP contribution in [0.3, 0.4) is 0 Å². The fourth-order valence-corrected chi connectivity index (χ4v) is 5.04. The molecule has 200 valence electrons. The molecule has 10 nitrogen and oxygen atoms in total. The van der Waals surface area contributed by atoms with E-state index in [2.05, 4.69) is 25.1 Å². The van der Waals surface area contributed by atoms with Gasteiger partial charge in [0.1, 0.15) is 5.82 Å². The maximum absolute atomic E-state index is 12.6. The van der Waals surface area contributed by atoms with Gasteiger partial charge in [-0.3, -0.25) is 14.6 Å². The van der Waals surface area contributed by atoms with Gasteiger partial charge >= 0.3 is 6.09 Å². The van der Waals surface area contributed by atoms with Gasteiger partial charge in [-0.1, -0.05) is 12.1 Å². The zero-order valence-corrected chi connectivity index (χ0v) is 22.1. The van der Waals surface area contributed by atoms with Gasteiger partial charge in [-0.25, -0.2) is 14.8 Å².